The molecule has 0 bridgehead atoms. The predicted octanol–water partition coefficient (Wildman–Crippen LogP) is 2.21. The molecule has 24 heavy (non-hydrogen) atoms. The van der Waals surface area contributed by atoms with Gasteiger partial charge in [-0.2, -0.15) is 0 Å². The molecule has 2 unspecified atom stereocenters. The van der Waals surface area contributed by atoms with Gasteiger partial charge in [0.1, 0.15) is 5.82 Å². The minimum absolute atomic E-state index is 0.000575. The molecule has 0 radical (unpaired) electrons. The SMILES string of the molecule is CC(C)C(N)CCN(C)C(=O)CC(C)S(=O)(=O)c1ccc(F)cc1. The molecule has 2 N–H and O–H groups in total. The molecule has 0 spiro atoms. The zero-order valence-electron chi connectivity index (χ0n) is 14.7. The average molecular weight is 358 g/mol. The summed E-state index contributed by atoms with van der Waals surface area (Å²) in [6, 6.07) is 4.64. The van der Waals surface area contributed by atoms with Crippen molar-refractivity contribution < 1.29 is 17.6 Å². The zero-order chi connectivity index (χ0) is 18.5. The quantitative estimate of drug-likeness (QED) is 0.723. The second-order valence-electron chi connectivity index (χ2n) is 6.53. The Balaban J connectivity index is 2.67. The van der Waals surface area contributed by atoms with Crippen molar-refractivity contribution in [2.24, 2.45) is 11.7 Å². The minimum Gasteiger partial charge on any atom is -0.346 e. The molecule has 5 nitrogen and oxygen atoms in total. The summed E-state index contributed by atoms with van der Waals surface area (Å²) in [4.78, 5) is 13.8. The first-order valence-electron chi connectivity index (χ1n) is 8.04. The number of carbonyl (C=O) groups is 1. The van der Waals surface area contributed by atoms with Gasteiger partial charge in [-0.05, 0) is 43.5 Å². The largest absolute Gasteiger partial charge is 0.346 e. The van der Waals surface area contributed by atoms with Crippen LogP contribution in [0.2, 0.25) is 0 Å². The van der Waals surface area contributed by atoms with E-state index in [1.165, 1.54) is 24.0 Å². The van der Waals surface area contributed by atoms with Gasteiger partial charge in [0.25, 0.3) is 0 Å². The summed E-state index contributed by atoms with van der Waals surface area (Å²) >= 11 is 0. The lowest BCUT2D eigenvalue weighted by atomic mass is 10.0. The van der Waals surface area contributed by atoms with Crippen LogP contribution in [-0.2, 0) is 14.6 Å². The highest BCUT2D eigenvalue weighted by atomic mass is 32.2. The molecule has 1 rings (SSSR count). The number of halogens is 1. The van der Waals surface area contributed by atoms with Gasteiger partial charge in [-0.3, -0.25) is 4.79 Å². The second-order valence-corrected chi connectivity index (χ2v) is 8.89. The molecule has 7 heteroatoms. The molecule has 0 heterocycles. The first kappa shape index (κ1) is 20.6. The van der Waals surface area contributed by atoms with Crippen molar-refractivity contribution in [3.8, 4) is 0 Å². The lowest BCUT2D eigenvalue weighted by Gasteiger charge is -2.23. The van der Waals surface area contributed by atoms with Gasteiger partial charge in [0, 0.05) is 26.1 Å². The summed E-state index contributed by atoms with van der Waals surface area (Å²) < 4.78 is 37.8. The highest BCUT2D eigenvalue weighted by Gasteiger charge is 2.27. The predicted molar refractivity (Wildman–Crippen MR) is 92.7 cm³/mol. The van der Waals surface area contributed by atoms with Gasteiger partial charge in [-0.1, -0.05) is 13.8 Å². The van der Waals surface area contributed by atoms with Crippen LogP contribution in [0.5, 0.6) is 0 Å². The van der Waals surface area contributed by atoms with Gasteiger partial charge in [-0.25, -0.2) is 12.8 Å². The number of nitrogens with two attached hydrogens (primary N) is 1. The lowest BCUT2D eigenvalue weighted by molar-refractivity contribution is -0.129. The van der Waals surface area contributed by atoms with Crippen LogP contribution in [0.3, 0.4) is 0 Å². The molecule has 0 aliphatic carbocycles. The highest BCUT2D eigenvalue weighted by molar-refractivity contribution is 7.92. The van der Waals surface area contributed by atoms with Gasteiger partial charge in [-0.15, -0.1) is 0 Å². The third-order valence-electron chi connectivity index (χ3n) is 4.21. The van der Waals surface area contributed by atoms with Gasteiger partial charge >= 0.3 is 0 Å². The van der Waals surface area contributed by atoms with Crippen LogP contribution in [0.4, 0.5) is 4.39 Å². The van der Waals surface area contributed by atoms with Crippen LogP contribution < -0.4 is 5.73 Å². The van der Waals surface area contributed by atoms with E-state index in [0.717, 1.165) is 12.1 Å². The fourth-order valence-corrected chi connectivity index (χ4v) is 3.51. The molecule has 0 aliphatic rings. The third kappa shape index (κ3) is 5.56. The Hall–Kier alpha value is -1.47. The van der Waals surface area contributed by atoms with Crippen LogP contribution in [0.25, 0.3) is 0 Å². The lowest BCUT2D eigenvalue weighted by Crippen LogP contribution is -2.36. The topological polar surface area (TPSA) is 80.5 Å². The maximum atomic E-state index is 12.9. The molecule has 1 aromatic rings. The first-order chi connectivity index (χ1) is 11.1. The van der Waals surface area contributed by atoms with Crippen molar-refractivity contribution in [2.75, 3.05) is 13.6 Å². The van der Waals surface area contributed by atoms with Gasteiger partial charge in [0.2, 0.25) is 5.91 Å². The Morgan fingerprint density at radius 3 is 2.25 bits per heavy atom. The molecule has 0 aromatic heterocycles. The zero-order valence-corrected chi connectivity index (χ0v) is 15.5. The summed E-state index contributed by atoms with van der Waals surface area (Å²) in [5.74, 6) is -0.422. The van der Waals surface area contributed by atoms with Gasteiger partial charge < -0.3 is 10.6 Å². The summed E-state index contributed by atoms with van der Waals surface area (Å²) in [5, 5.41) is -0.878. The Bertz CT molecular complexity index is 644. The molecule has 0 aliphatic heterocycles. The summed E-state index contributed by atoms with van der Waals surface area (Å²) in [6.07, 6.45) is 0.548. The smallest absolute Gasteiger partial charge is 0.223 e. The standard InChI is InChI=1S/C17H27FN2O3S/c1-12(2)16(19)9-10-20(4)17(21)11-13(3)24(22,23)15-7-5-14(18)6-8-15/h5-8,12-13,16H,9-11,19H2,1-4H3. The molecular weight excluding hydrogens is 331 g/mol. The second kappa shape index (κ2) is 8.58. The van der Waals surface area contributed by atoms with Crippen molar-refractivity contribution >= 4 is 15.7 Å². The number of sulfone groups is 1. The molecule has 0 saturated carbocycles. The fourth-order valence-electron chi connectivity index (χ4n) is 2.17. The van der Waals surface area contributed by atoms with Crippen LogP contribution in [0, 0.1) is 11.7 Å². The number of hydrogen-bond acceptors (Lipinski definition) is 4. The molecule has 2 atom stereocenters. The van der Waals surface area contributed by atoms with Crippen molar-refractivity contribution in [3.05, 3.63) is 30.1 Å². The van der Waals surface area contributed by atoms with E-state index in [0.29, 0.717) is 18.9 Å². The fraction of sp³-hybridized carbons (Fsp3) is 0.588. The third-order valence-corrected chi connectivity index (χ3v) is 6.37. The maximum absolute atomic E-state index is 12.9. The molecule has 136 valence electrons. The van der Waals surface area contributed by atoms with Crippen molar-refractivity contribution in [1.82, 2.24) is 4.90 Å². The molecule has 1 aromatic carbocycles. The van der Waals surface area contributed by atoms with E-state index >= 15 is 0 Å². The van der Waals surface area contributed by atoms with E-state index in [9.17, 15) is 17.6 Å². The maximum Gasteiger partial charge on any atom is 0.223 e. The van der Waals surface area contributed by atoms with E-state index in [4.69, 9.17) is 5.73 Å². The van der Waals surface area contributed by atoms with Crippen LogP contribution in [-0.4, -0.2) is 44.1 Å². The normalized spacial score (nSPS) is 14.5. The van der Waals surface area contributed by atoms with Gasteiger partial charge in [0.05, 0.1) is 10.1 Å². The Morgan fingerprint density at radius 2 is 1.75 bits per heavy atom. The van der Waals surface area contributed by atoms with Crippen molar-refractivity contribution in [2.45, 2.75) is 49.8 Å². The van der Waals surface area contributed by atoms with Crippen LogP contribution >= 0.6 is 0 Å². The Labute approximate surface area is 143 Å². The summed E-state index contributed by atoms with van der Waals surface area (Å²) in [7, 11) is -2.02. The summed E-state index contributed by atoms with van der Waals surface area (Å²) in [5.41, 5.74) is 5.96. The monoisotopic (exact) mass is 358 g/mol. The van der Waals surface area contributed by atoms with Crippen LogP contribution in [0.15, 0.2) is 29.2 Å². The molecule has 0 fully saturated rings. The van der Waals surface area contributed by atoms with E-state index in [-0.39, 0.29) is 23.3 Å². The van der Waals surface area contributed by atoms with E-state index < -0.39 is 20.9 Å². The van der Waals surface area contributed by atoms with Crippen LogP contribution in [0.1, 0.15) is 33.6 Å². The number of nitrogens with zero attached hydrogens (tertiary/aromatic N) is 1. The number of rotatable bonds is 8. The first-order valence-corrected chi connectivity index (χ1v) is 9.59. The molecular formula is C17H27FN2O3S. The van der Waals surface area contributed by atoms with E-state index in [1.807, 2.05) is 13.8 Å². The minimum atomic E-state index is -3.67. The van der Waals surface area contributed by atoms with E-state index in [1.54, 1.807) is 7.05 Å². The molecule has 0 saturated heterocycles. The number of amides is 1. The number of carbonyl (C=O) groups excluding carboxylic acids is 1. The highest BCUT2D eigenvalue weighted by Crippen LogP contribution is 2.19. The van der Waals surface area contributed by atoms with Crippen molar-refractivity contribution in [1.29, 1.82) is 0 Å². The Morgan fingerprint density at radius 1 is 1.21 bits per heavy atom. The molecule has 1 amide bonds. The van der Waals surface area contributed by atoms with Gasteiger partial charge in [0.15, 0.2) is 9.84 Å². The van der Waals surface area contributed by atoms with E-state index in [2.05, 4.69) is 0 Å². The summed E-state index contributed by atoms with van der Waals surface area (Å²) in [6.45, 7) is 6.01. The Kier molecular flexibility index (Phi) is 7.35. The van der Waals surface area contributed by atoms with Crippen molar-refractivity contribution in [3.63, 3.8) is 0 Å². The number of benzene rings is 1. The number of hydrogen-bond donors (Lipinski definition) is 1. The average Bonchev–Trinajstić information content (AvgIpc) is 2.52.